The van der Waals surface area contributed by atoms with E-state index < -0.39 is 0 Å². The van der Waals surface area contributed by atoms with Crippen LogP contribution >= 0.6 is 11.6 Å². The lowest BCUT2D eigenvalue weighted by Crippen LogP contribution is -2.07. The largest absolute Gasteiger partial charge is 0.507 e. The molecule has 2 heterocycles. The molecule has 2 aromatic carbocycles. The van der Waals surface area contributed by atoms with E-state index in [1.54, 1.807) is 48.8 Å². The molecule has 0 spiro atoms. The van der Waals surface area contributed by atoms with E-state index >= 15 is 0 Å². The first-order valence-electron chi connectivity index (χ1n) is 8.37. The molecule has 7 heteroatoms. The predicted molar refractivity (Wildman–Crippen MR) is 108 cm³/mol. The summed E-state index contributed by atoms with van der Waals surface area (Å²) in [6, 6.07) is 13.5. The van der Waals surface area contributed by atoms with Crippen LogP contribution in [0, 0.1) is 0 Å². The third kappa shape index (κ3) is 3.87. The standard InChI is InChI=1S/C21H14ClN3O3/c22-14-4-1-13(2-5-14)3-8-20(27)24-15-6-7-18(26)16(11-15)21-25-17-12-23-10-9-19(17)28-21/h1-12,26H,(H,24,27)/b8-3+. The average Bonchev–Trinajstić information content (AvgIpc) is 3.13. The maximum absolute atomic E-state index is 12.2. The second-order valence-electron chi connectivity index (χ2n) is 5.97. The van der Waals surface area contributed by atoms with Crippen molar-refractivity contribution in [3.8, 4) is 17.2 Å². The number of aromatic hydroxyl groups is 1. The van der Waals surface area contributed by atoms with Crippen molar-refractivity contribution in [3.05, 3.63) is 77.6 Å². The van der Waals surface area contributed by atoms with Gasteiger partial charge < -0.3 is 14.8 Å². The maximum Gasteiger partial charge on any atom is 0.248 e. The van der Waals surface area contributed by atoms with Gasteiger partial charge in [-0.05, 0) is 42.0 Å². The molecule has 0 saturated carbocycles. The van der Waals surface area contributed by atoms with Crippen LogP contribution in [-0.4, -0.2) is 21.0 Å². The molecule has 1 amide bonds. The number of amides is 1. The Morgan fingerprint density at radius 2 is 1.96 bits per heavy atom. The molecule has 6 nitrogen and oxygen atoms in total. The molecule has 0 saturated heterocycles. The zero-order valence-corrected chi connectivity index (χ0v) is 15.2. The molecule has 0 aliphatic carbocycles. The van der Waals surface area contributed by atoms with E-state index in [0.717, 1.165) is 5.56 Å². The zero-order chi connectivity index (χ0) is 19.5. The molecule has 0 unspecified atom stereocenters. The van der Waals surface area contributed by atoms with Crippen molar-refractivity contribution < 1.29 is 14.3 Å². The lowest BCUT2D eigenvalue weighted by atomic mass is 10.1. The van der Waals surface area contributed by atoms with E-state index in [1.807, 2.05) is 12.1 Å². The topological polar surface area (TPSA) is 88.2 Å². The number of carbonyl (C=O) groups excluding carboxylic acids is 1. The van der Waals surface area contributed by atoms with Gasteiger partial charge >= 0.3 is 0 Å². The summed E-state index contributed by atoms with van der Waals surface area (Å²) in [5.74, 6) is -0.0733. The highest BCUT2D eigenvalue weighted by Crippen LogP contribution is 2.33. The number of benzene rings is 2. The fourth-order valence-electron chi connectivity index (χ4n) is 2.61. The Balaban J connectivity index is 1.55. The van der Waals surface area contributed by atoms with E-state index in [4.69, 9.17) is 16.0 Å². The Hall–Kier alpha value is -3.64. The fraction of sp³-hybridized carbons (Fsp3) is 0. The van der Waals surface area contributed by atoms with Crippen molar-refractivity contribution in [1.82, 2.24) is 9.97 Å². The van der Waals surface area contributed by atoms with Crippen molar-refractivity contribution in [2.75, 3.05) is 5.32 Å². The number of fused-ring (bicyclic) bond motifs is 1. The molecule has 0 fully saturated rings. The SMILES string of the molecule is O=C(/C=C/c1ccc(Cl)cc1)Nc1ccc(O)c(-c2nc3cnccc3o2)c1. The maximum atomic E-state index is 12.2. The number of nitrogens with one attached hydrogen (secondary N) is 1. The Morgan fingerprint density at radius 1 is 1.14 bits per heavy atom. The Labute approximate surface area is 165 Å². The number of pyridine rings is 1. The summed E-state index contributed by atoms with van der Waals surface area (Å²) in [6.45, 7) is 0. The summed E-state index contributed by atoms with van der Waals surface area (Å²) in [4.78, 5) is 20.5. The van der Waals surface area contributed by atoms with Gasteiger partial charge in [-0.25, -0.2) is 4.98 Å². The average molecular weight is 392 g/mol. The summed E-state index contributed by atoms with van der Waals surface area (Å²) >= 11 is 5.85. The molecule has 0 radical (unpaired) electrons. The molecule has 138 valence electrons. The monoisotopic (exact) mass is 391 g/mol. The summed E-state index contributed by atoms with van der Waals surface area (Å²) in [5.41, 5.74) is 2.86. The van der Waals surface area contributed by atoms with Crippen LogP contribution in [-0.2, 0) is 4.79 Å². The lowest BCUT2D eigenvalue weighted by molar-refractivity contribution is -0.111. The van der Waals surface area contributed by atoms with Crippen LogP contribution in [0.5, 0.6) is 5.75 Å². The first-order valence-corrected chi connectivity index (χ1v) is 8.75. The fourth-order valence-corrected chi connectivity index (χ4v) is 2.74. The smallest absolute Gasteiger partial charge is 0.248 e. The highest BCUT2D eigenvalue weighted by atomic mass is 35.5. The van der Waals surface area contributed by atoms with Crippen LogP contribution in [0.3, 0.4) is 0 Å². The van der Waals surface area contributed by atoms with Crippen molar-refractivity contribution in [2.45, 2.75) is 0 Å². The lowest BCUT2D eigenvalue weighted by Gasteiger charge is -2.06. The van der Waals surface area contributed by atoms with Gasteiger partial charge in [-0.1, -0.05) is 23.7 Å². The second-order valence-corrected chi connectivity index (χ2v) is 6.40. The van der Waals surface area contributed by atoms with E-state index in [0.29, 0.717) is 27.4 Å². The Morgan fingerprint density at radius 3 is 2.75 bits per heavy atom. The predicted octanol–water partition coefficient (Wildman–Crippen LogP) is 4.90. The minimum atomic E-state index is -0.312. The van der Waals surface area contributed by atoms with Crippen LogP contribution in [0.25, 0.3) is 28.6 Å². The minimum Gasteiger partial charge on any atom is -0.507 e. The van der Waals surface area contributed by atoms with Crippen molar-refractivity contribution in [2.24, 2.45) is 0 Å². The number of phenols is 1. The first-order chi connectivity index (χ1) is 13.6. The second kappa shape index (κ2) is 7.54. The summed E-state index contributed by atoms with van der Waals surface area (Å²) in [5, 5.41) is 13.6. The molecule has 0 aliphatic heterocycles. The highest BCUT2D eigenvalue weighted by Gasteiger charge is 2.13. The van der Waals surface area contributed by atoms with E-state index in [-0.39, 0.29) is 17.5 Å². The number of rotatable bonds is 4. The highest BCUT2D eigenvalue weighted by molar-refractivity contribution is 6.30. The molecular formula is C21H14ClN3O3. The summed E-state index contributed by atoms with van der Waals surface area (Å²) < 4.78 is 5.66. The van der Waals surface area contributed by atoms with Crippen LogP contribution < -0.4 is 5.32 Å². The van der Waals surface area contributed by atoms with Gasteiger partial charge in [0.2, 0.25) is 11.8 Å². The first kappa shape index (κ1) is 17.8. The summed E-state index contributed by atoms with van der Waals surface area (Å²) in [6.07, 6.45) is 6.27. The number of oxazole rings is 1. The molecule has 2 N–H and O–H groups in total. The van der Waals surface area contributed by atoms with E-state index in [2.05, 4.69) is 15.3 Å². The van der Waals surface area contributed by atoms with Gasteiger partial charge in [0.15, 0.2) is 5.58 Å². The number of aromatic nitrogens is 2. The number of hydrogen-bond acceptors (Lipinski definition) is 5. The van der Waals surface area contributed by atoms with Gasteiger partial charge in [-0.2, -0.15) is 0 Å². The molecule has 0 bridgehead atoms. The van der Waals surface area contributed by atoms with E-state index in [9.17, 15) is 9.90 Å². The molecule has 2 aromatic heterocycles. The number of anilines is 1. The number of halogens is 1. The van der Waals surface area contributed by atoms with Gasteiger partial charge in [0.05, 0.1) is 11.8 Å². The Kier molecular flexibility index (Phi) is 4.78. The quantitative estimate of drug-likeness (QED) is 0.381. The van der Waals surface area contributed by atoms with Crippen LogP contribution in [0.2, 0.25) is 5.02 Å². The zero-order valence-electron chi connectivity index (χ0n) is 14.5. The summed E-state index contributed by atoms with van der Waals surface area (Å²) in [7, 11) is 0. The van der Waals surface area contributed by atoms with Crippen LogP contribution in [0.4, 0.5) is 5.69 Å². The molecule has 0 atom stereocenters. The van der Waals surface area contributed by atoms with Gasteiger partial charge in [0, 0.05) is 29.0 Å². The van der Waals surface area contributed by atoms with Gasteiger partial charge in [-0.15, -0.1) is 0 Å². The third-order valence-corrected chi connectivity index (χ3v) is 4.23. The van der Waals surface area contributed by atoms with Gasteiger partial charge in [0.25, 0.3) is 0 Å². The van der Waals surface area contributed by atoms with Gasteiger partial charge in [0.1, 0.15) is 11.3 Å². The molecule has 4 aromatic rings. The van der Waals surface area contributed by atoms with Crippen LogP contribution in [0.1, 0.15) is 5.56 Å². The minimum absolute atomic E-state index is 0.00535. The molecule has 0 aliphatic rings. The van der Waals surface area contributed by atoms with E-state index in [1.165, 1.54) is 12.1 Å². The number of phenolic OH excluding ortho intramolecular Hbond substituents is 1. The molecular weight excluding hydrogens is 378 g/mol. The van der Waals surface area contributed by atoms with Gasteiger partial charge in [-0.3, -0.25) is 9.78 Å². The molecule has 28 heavy (non-hydrogen) atoms. The van der Waals surface area contributed by atoms with Crippen molar-refractivity contribution >= 4 is 40.4 Å². The van der Waals surface area contributed by atoms with Crippen LogP contribution in [0.15, 0.2) is 71.4 Å². The number of carbonyl (C=O) groups is 1. The molecule has 4 rings (SSSR count). The number of nitrogens with zero attached hydrogens (tertiary/aromatic N) is 2. The van der Waals surface area contributed by atoms with Crippen molar-refractivity contribution in [3.63, 3.8) is 0 Å². The Bertz CT molecular complexity index is 1150. The van der Waals surface area contributed by atoms with Crippen molar-refractivity contribution in [1.29, 1.82) is 0 Å². The normalized spacial score (nSPS) is 11.2. The third-order valence-electron chi connectivity index (χ3n) is 3.98. The number of hydrogen-bond donors (Lipinski definition) is 2.